The quantitative estimate of drug-likeness (QED) is 0.852. The van der Waals surface area contributed by atoms with E-state index in [-0.39, 0.29) is 17.3 Å². The molecule has 112 valence electrons. The second-order valence-corrected chi connectivity index (χ2v) is 3.74. The van der Waals surface area contributed by atoms with Crippen LogP contribution in [0.5, 0.6) is 11.5 Å². The summed E-state index contributed by atoms with van der Waals surface area (Å²) in [5.41, 5.74) is 5.64. The van der Waals surface area contributed by atoms with Crippen LogP contribution < -0.4 is 15.8 Å². The number of pyridine rings is 1. The molecule has 0 aliphatic carbocycles. The highest BCUT2D eigenvalue weighted by molar-refractivity contribution is 5.92. The molecule has 0 atom stereocenters. The Morgan fingerprint density at radius 3 is 2.52 bits per heavy atom. The molecule has 3 N–H and O–H groups in total. The number of carbonyl (C=O) groups excluding carboxylic acids is 1. The summed E-state index contributed by atoms with van der Waals surface area (Å²) in [4.78, 5) is 15.3. The van der Waals surface area contributed by atoms with E-state index in [4.69, 9.17) is 10.5 Å². The van der Waals surface area contributed by atoms with Crippen LogP contribution in [-0.2, 0) is 0 Å². The number of nitrogens with zero attached hydrogens (tertiary/aromatic N) is 1. The third-order valence-corrected chi connectivity index (χ3v) is 2.40. The van der Waals surface area contributed by atoms with E-state index in [1.165, 1.54) is 31.4 Å². The van der Waals surface area contributed by atoms with Crippen LogP contribution in [0, 0.1) is 5.82 Å². The number of nitrogens with one attached hydrogen (secondary N) is 1. The van der Waals surface area contributed by atoms with Gasteiger partial charge in [-0.3, -0.25) is 9.78 Å². The van der Waals surface area contributed by atoms with Crippen LogP contribution in [0.3, 0.4) is 0 Å². The number of rotatable bonds is 3. The van der Waals surface area contributed by atoms with Crippen LogP contribution in [0.1, 0.15) is 24.3 Å². The summed E-state index contributed by atoms with van der Waals surface area (Å²) in [5, 5.41) is 2.46. The normalized spacial score (nSPS) is 9.33. The van der Waals surface area contributed by atoms with Gasteiger partial charge in [0.15, 0.2) is 0 Å². The average molecular weight is 291 g/mol. The second-order valence-electron chi connectivity index (χ2n) is 3.74. The maximum atomic E-state index is 13.3. The molecule has 1 aromatic carbocycles. The first-order valence-electron chi connectivity index (χ1n) is 6.51. The summed E-state index contributed by atoms with van der Waals surface area (Å²) in [6.45, 7) is 4.00. The minimum absolute atomic E-state index is 0.0492. The van der Waals surface area contributed by atoms with Crippen LogP contribution in [0.25, 0.3) is 0 Å². The first-order chi connectivity index (χ1) is 10.1. The molecule has 0 radical (unpaired) electrons. The van der Waals surface area contributed by atoms with Crippen molar-refractivity contribution < 1.29 is 13.9 Å². The molecule has 0 bridgehead atoms. The number of carbonyl (C=O) groups is 1. The zero-order valence-electron chi connectivity index (χ0n) is 12.2. The van der Waals surface area contributed by atoms with E-state index in [0.29, 0.717) is 11.5 Å². The fourth-order valence-electron chi connectivity index (χ4n) is 1.43. The van der Waals surface area contributed by atoms with Crippen molar-refractivity contribution in [2.45, 2.75) is 13.8 Å². The summed E-state index contributed by atoms with van der Waals surface area (Å²) in [6, 6.07) is 7.16. The summed E-state index contributed by atoms with van der Waals surface area (Å²) in [7, 11) is 1.51. The number of benzene rings is 1. The van der Waals surface area contributed by atoms with Gasteiger partial charge in [-0.2, -0.15) is 0 Å². The summed E-state index contributed by atoms with van der Waals surface area (Å²) < 4.78 is 18.7. The molecule has 0 unspecified atom stereocenters. The van der Waals surface area contributed by atoms with Crippen molar-refractivity contribution >= 4 is 11.6 Å². The molecule has 1 aromatic heterocycles. The maximum absolute atomic E-state index is 13.3. The van der Waals surface area contributed by atoms with Gasteiger partial charge in [0.25, 0.3) is 5.91 Å². The third kappa shape index (κ3) is 4.45. The Bertz CT molecular complexity index is 618. The van der Waals surface area contributed by atoms with Crippen molar-refractivity contribution in [2.75, 3.05) is 12.8 Å². The number of aromatic nitrogens is 1. The Morgan fingerprint density at radius 1 is 1.24 bits per heavy atom. The Balaban J connectivity index is 0.00000106. The number of nitrogens with two attached hydrogens (primary N) is 1. The molecule has 0 spiro atoms. The molecule has 21 heavy (non-hydrogen) atoms. The van der Waals surface area contributed by atoms with Gasteiger partial charge in [0.2, 0.25) is 0 Å². The Kier molecular flexibility index (Phi) is 6.13. The molecule has 6 heteroatoms. The highest BCUT2D eigenvalue weighted by Gasteiger charge is 2.07. The predicted molar refractivity (Wildman–Crippen MR) is 79.9 cm³/mol. The molecule has 0 fully saturated rings. The summed E-state index contributed by atoms with van der Waals surface area (Å²) >= 11 is 0. The largest absolute Gasteiger partial charge is 0.457 e. The minimum Gasteiger partial charge on any atom is -0.457 e. The van der Waals surface area contributed by atoms with E-state index in [1.807, 2.05) is 13.8 Å². The smallest absolute Gasteiger partial charge is 0.269 e. The molecule has 0 saturated heterocycles. The summed E-state index contributed by atoms with van der Waals surface area (Å²) in [5.74, 6) is -0.203. The lowest BCUT2D eigenvalue weighted by atomic mass is 10.3. The van der Waals surface area contributed by atoms with E-state index in [2.05, 4.69) is 10.3 Å². The van der Waals surface area contributed by atoms with E-state index in [1.54, 1.807) is 12.1 Å². The molecular formula is C15H18FN3O2. The lowest BCUT2D eigenvalue weighted by molar-refractivity contribution is 0.0958. The van der Waals surface area contributed by atoms with Gasteiger partial charge in [-0.15, -0.1) is 0 Å². The van der Waals surface area contributed by atoms with E-state index in [9.17, 15) is 9.18 Å². The van der Waals surface area contributed by atoms with Gasteiger partial charge in [0.1, 0.15) is 23.0 Å². The van der Waals surface area contributed by atoms with Gasteiger partial charge in [-0.25, -0.2) is 4.39 Å². The van der Waals surface area contributed by atoms with Gasteiger partial charge in [0, 0.05) is 25.4 Å². The lowest BCUT2D eigenvalue weighted by Gasteiger charge is -2.07. The average Bonchev–Trinajstić information content (AvgIpc) is 2.52. The molecule has 2 aromatic rings. The summed E-state index contributed by atoms with van der Waals surface area (Å²) in [6.07, 6.45) is 1.44. The zero-order valence-corrected chi connectivity index (χ0v) is 12.2. The lowest BCUT2D eigenvalue weighted by Crippen LogP contribution is -2.18. The number of amides is 1. The topological polar surface area (TPSA) is 77.2 Å². The Labute approximate surface area is 123 Å². The number of nitrogen functional groups attached to an aromatic ring is 1. The van der Waals surface area contributed by atoms with Crippen LogP contribution in [-0.4, -0.2) is 17.9 Å². The standard InChI is InChI=1S/C13H12FN3O2.C2H6/c1-16-13(18)12-7-9(4-5-17-12)19-8-2-3-11(15)10(14)6-8;1-2/h2-7H,15H2,1H3,(H,16,18);1-2H3. The van der Waals surface area contributed by atoms with Gasteiger partial charge in [0.05, 0.1) is 5.69 Å². The van der Waals surface area contributed by atoms with E-state index >= 15 is 0 Å². The Morgan fingerprint density at radius 2 is 1.90 bits per heavy atom. The number of hydrogen-bond acceptors (Lipinski definition) is 4. The van der Waals surface area contributed by atoms with E-state index < -0.39 is 5.82 Å². The van der Waals surface area contributed by atoms with Crippen LogP contribution in [0.15, 0.2) is 36.5 Å². The fourth-order valence-corrected chi connectivity index (χ4v) is 1.43. The van der Waals surface area contributed by atoms with Crippen molar-refractivity contribution in [1.82, 2.24) is 10.3 Å². The monoisotopic (exact) mass is 291 g/mol. The van der Waals surface area contributed by atoms with Gasteiger partial charge in [-0.05, 0) is 18.2 Å². The maximum Gasteiger partial charge on any atom is 0.269 e. The molecule has 1 amide bonds. The molecule has 2 rings (SSSR count). The molecular weight excluding hydrogens is 273 g/mol. The fraction of sp³-hybridized carbons (Fsp3) is 0.200. The van der Waals surface area contributed by atoms with Crippen LogP contribution in [0.4, 0.5) is 10.1 Å². The van der Waals surface area contributed by atoms with Crippen LogP contribution >= 0.6 is 0 Å². The Hall–Kier alpha value is -2.63. The highest BCUT2D eigenvalue weighted by Crippen LogP contribution is 2.24. The number of ether oxygens (including phenoxy) is 1. The van der Waals surface area contributed by atoms with Crippen molar-refractivity contribution in [3.63, 3.8) is 0 Å². The first kappa shape index (κ1) is 16.4. The third-order valence-electron chi connectivity index (χ3n) is 2.40. The van der Waals surface area contributed by atoms with E-state index in [0.717, 1.165) is 0 Å². The predicted octanol–water partition coefficient (Wildman–Crippen LogP) is 2.98. The van der Waals surface area contributed by atoms with Crippen LogP contribution in [0.2, 0.25) is 0 Å². The van der Waals surface area contributed by atoms with Gasteiger partial charge >= 0.3 is 0 Å². The molecule has 0 aliphatic rings. The molecule has 5 nitrogen and oxygen atoms in total. The van der Waals surface area contributed by atoms with Crippen molar-refractivity contribution in [1.29, 1.82) is 0 Å². The molecule has 0 saturated carbocycles. The molecule has 1 heterocycles. The van der Waals surface area contributed by atoms with Gasteiger partial charge in [-0.1, -0.05) is 13.8 Å². The number of hydrogen-bond donors (Lipinski definition) is 2. The van der Waals surface area contributed by atoms with Crippen molar-refractivity contribution in [3.8, 4) is 11.5 Å². The molecule has 0 aliphatic heterocycles. The highest BCUT2D eigenvalue weighted by atomic mass is 19.1. The zero-order chi connectivity index (χ0) is 15.8. The first-order valence-corrected chi connectivity index (χ1v) is 6.51. The number of halogens is 1. The second kappa shape index (κ2) is 7.84. The number of anilines is 1. The van der Waals surface area contributed by atoms with Crippen molar-refractivity contribution in [2.24, 2.45) is 0 Å². The van der Waals surface area contributed by atoms with Crippen molar-refractivity contribution in [3.05, 3.63) is 48.0 Å². The van der Waals surface area contributed by atoms with Gasteiger partial charge < -0.3 is 15.8 Å². The minimum atomic E-state index is -0.557. The SMILES string of the molecule is CC.CNC(=O)c1cc(Oc2ccc(N)c(F)c2)ccn1.